The van der Waals surface area contributed by atoms with E-state index in [0.29, 0.717) is 35.3 Å². The van der Waals surface area contributed by atoms with Crippen LogP contribution in [-0.4, -0.2) is 54.4 Å². The summed E-state index contributed by atoms with van der Waals surface area (Å²) in [6.45, 7) is 4.39. The van der Waals surface area contributed by atoms with Crippen molar-refractivity contribution in [1.29, 1.82) is 0 Å². The molecule has 1 N–H and O–H groups in total. The molecule has 10 heteroatoms. The molecular weight excluding hydrogens is 430 g/mol. The zero-order valence-corrected chi connectivity index (χ0v) is 19.3. The van der Waals surface area contributed by atoms with Gasteiger partial charge in [-0.3, -0.25) is 9.59 Å². The van der Waals surface area contributed by atoms with E-state index in [2.05, 4.69) is 27.2 Å². The lowest BCUT2D eigenvalue weighted by atomic mass is 10.0. The number of hydrogen-bond donors (Lipinski definition) is 1. The summed E-state index contributed by atoms with van der Waals surface area (Å²) in [5.74, 6) is 1.50. The number of benzene rings is 1. The molecule has 1 unspecified atom stereocenters. The zero-order chi connectivity index (χ0) is 22.7. The Morgan fingerprint density at radius 1 is 1.31 bits per heavy atom. The van der Waals surface area contributed by atoms with Gasteiger partial charge in [0.05, 0.1) is 14.2 Å². The molecular formula is C22H27N5O4S. The smallest absolute Gasteiger partial charge is 0.288 e. The van der Waals surface area contributed by atoms with Crippen LogP contribution in [-0.2, 0) is 6.42 Å². The highest BCUT2D eigenvalue weighted by molar-refractivity contribution is 7.20. The van der Waals surface area contributed by atoms with Crippen LogP contribution >= 0.6 is 11.3 Å². The molecule has 1 aliphatic heterocycles. The van der Waals surface area contributed by atoms with Crippen molar-refractivity contribution in [3.8, 4) is 11.5 Å². The first-order chi connectivity index (χ1) is 15.5. The molecule has 170 valence electrons. The molecule has 0 radical (unpaired) electrons. The maximum Gasteiger partial charge on any atom is 0.288 e. The molecule has 1 aliphatic rings. The first-order valence-corrected chi connectivity index (χ1v) is 11.4. The first kappa shape index (κ1) is 22.1. The van der Waals surface area contributed by atoms with Gasteiger partial charge in [-0.15, -0.1) is 5.10 Å². The molecule has 0 saturated carbocycles. The summed E-state index contributed by atoms with van der Waals surface area (Å²) < 4.78 is 11.8. The van der Waals surface area contributed by atoms with Crippen molar-refractivity contribution in [1.82, 2.24) is 19.9 Å². The van der Waals surface area contributed by atoms with Gasteiger partial charge >= 0.3 is 0 Å². The molecule has 9 nitrogen and oxygen atoms in total. The molecule has 1 saturated heterocycles. The van der Waals surface area contributed by atoms with Gasteiger partial charge in [0.1, 0.15) is 17.1 Å². The van der Waals surface area contributed by atoms with Crippen molar-refractivity contribution in [2.75, 3.05) is 38.8 Å². The molecule has 4 rings (SSSR count). The van der Waals surface area contributed by atoms with Crippen molar-refractivity contribution in [2.24, 2.45) is 5.92 Å². The van der Waals surface area contributed by atoms with Gasteiger partial charge in [-0.25, -0.2) is 4.98 Å². The van der Waals surface area contributed by atoms with Crippen LogP contribution in [0.5, 0.6) is 11.5 Å². The van der Waals surface area contributed by atoms with E-state index in [-0.39, 0.29) is 5.56 Å². The molecule has 32 heavy (non-hydrogen) atoms. The Bertz CT molecular complexity index is 1170. The fraction of sp³-hybridized carbons (Fsp3) is 0.455. The molecule has 2 aromatic heterocycles. The summed E-state index contributed by atoms with van der Waals surface area (Å²) in [4.78, 5) is 32.5. The predicted molar refractivity (Wildman–Crippen MR) is 123 cm³/mol. The van der Waals surface area contributed by atoms with Gasteiger partial charge < -0.3 is 19.7 Å². The summed E-state index contributed by atoms with van der Waals surface area (Å²) in [5, 5.41) is 8.02. The number of methoxy groups -OCH3 is 2. The van der Waals surface area contributed by atoms with Crippen LogP contribution in [0.2, 0.25) is 0 Å². The van der Waals surface area contributed by atoms with Crippen LogP contribution in [0.15, 0.2) is 29.2 Å². The Morgan fingerprint density at radius 3 is 2.91 bits per heavy atom. The van der Waals surface area contributed by atoms with E-state index in [1.54, 1.807) is 20.3 Å². The number of rotatable bonds is 7. The summed E-state index contributed by atoms with van der Waals surface area (Å²) in [7, 11) is 3.18. The van der Waals surface area contributed by atoms with Crippen molar-refractivity contribution < 1.29 is 14.3 Å². The van der Waals surface area contributed by atoms with Crippen molar-refractivity contribution in [2.45, 2.75) is 26.2 Å². The van der Waals surface area contributed by atoms with E-state index in [9.17, 15) is 9.59 Å². The highest BCUT2D eigenvalue weighted by Crippen LogP contribution is 2.27. The lowest BCUT2D eigenvalue weighted by Gasteiger charge is -2.30. The average molecular weight is 458 g/mol. The Morgan fingerprint density at radius 2 is 2.16 bits per heavy atom. The quantitative estimate of drug-likeness (QED) is 0.582. The van der Waals surface area contributed by atoms with Gasteiger partial charge in [-0.05, 0) is 36.8 Å². The van der Waals surface area contributed by atoms with Crippen LogP contribution in [0.4, 0.5) is 5.13 Å². The number of carbonyl (C=O) groups is 1. The maximum atomic E-state index is 12.9. The Labute approximate surface area is 190 Å². The molecule has 1 aromatic carbocycles. The second-order valence-corrected chi connectivity index (χ2v) is 8.87. The maximum absolute atomic E-state index is 12.9. The number of piperidine rings is 1. The molecule has 1 fully saturated rings. The van der Waals surface area contributed by atoms with Gasteiger partial charge in [0.25, 0.3) is 11.5 Å². The lowest BCUT2D eigenvalue weighted by molar-refractivity contribution is 0.0952. The number of anilines is 1. The number of amides is 1. The fourth-order valence-corrected chi connectivity index (χ4v) is 4.78. The lowest BCUT2D eigenvalue weighted by Crippen LogP contribution is -2.35. The number of fused-ring (bicyclic) bond motifs is 1. The Hall–Kier alpha value is -3.14. The van der Waals surface area contributed by atoms with E-state index in [1.807, 2.05) is 12.1 Å². The monoisotopic (exact) mass is 457 g/mol. The van der Waals surface area contributed by atoms with Crippen LogP contribution in [0.25, 0.3) is 4.96 Å². The number of ether oxygens (including phenoxy) is 2. The second kappa shape index (κ2) is 9.56. The number of carbonyl (C=O) groups excluding carboxylic acids is 1. The molecule has 3 aromatic rings. The number of aromatic nitrogens is 3. The fourth-order valence-electron chi connectivity index (χ4n) is 3.89. The van der Waals surface area contributed by atoms with Gasteiger partial charge in [-0.2, -0.15) is 4.52 Å². The average Bonchev–Trinajstić information content (AvgIpc) is 3.25. The summed E-state index contributed by atoms with van der Waals surface area (Å²) in [5.41, 5.74) is 0.453. The van der Waals surface area contributed by atoms with Gasteiger partial charge in [0, 0.05) is 31.9 Å². The third-order valence-corrected chi connectivity index (χ3v) is 6.61. The number of nitrogens with zero attached hydrogens (tertiary/aromatic N) is 4. The SMILES string of the molecule is COc1ccc(CCNC(=O)c2cnc3sc(N4CCCC(C)C4)nn3c2=O)c(OC)c1. The Kier molecular flexibility index (Phi) is 6.59. The largest absolute Gasteiger partial charge is 0.497 e. The highest BCUT2D eigenvalue weighted by atomic mass is 32.1. The minimum absolute atomic E-state index is 0.0203. The molecule has 0 bridgehead atoms. The van der Waals surface area contributed by atoms with E-state index in [4.69, 9.17) is 9.47 Å². The standard InChI is InChI=1S/C22H27N5O4S/c1-14-5-4-10-26(13-14)22-25-27-20(29)17(12-24-21(27)32-22)19(28)23-9-8-15-6-7-16(30-2)11-18(15)31-3/h6-7,11-12,14H,4-5,8-10,13H2,1-3H3,(H,23,28). The predicted octanol–water partition coefficient (Wildman–Crippen LogP) is 2.38. The third kappa shape index (κ3) is 4.55. The highest BCUT2D eigenvalue weighted by Gasteiger charge is 2.22. The molecule has 3 heterocycles. The second-order valence-electron chi connectivity index (χ2n) is 7.93. The third-order valence-electron chi connectivity index (χ3n) is 5.62. The van der Waals surface area contributed by atoms with E-state index in [1.165, 1.54) is 28.5 Å². The normalized spacial score (nSPS) is 16.2. The summed E-state index contributed by atoms with van der Waals surface area (Å²) in [6.07, 6.45) is 4.18. The van der Waals surface area contributed by atoms with E-state index >= 15 is 0 Å². The minimum Gasteiger partial charge on any atom is -0.497 e. The van der Waals surface area contributed by atoms with Crippen LogP contribution in [0, 0.1) is 5.92 Å². The zero-order valence-electron chi connectivity index (χ0n) is 18.5. The van der Waals surface area contributed by atoms with Crippen LogP contribution in [0.1, 0.15) is 35.7 Å². The van der Waals surface area contributed by atoms with Gasteiger partial charge in [-0.1, -0.05) is 24.3 Å². The number of hydrogen-bond acceptors (Lipinski definition) is 8. The molecule has 1 atom stereocenters. The summed E-state index contributed by atoms with van der Waals surface area (Å²) >= 11 is 1.37. The molecule has 0 spiro atoms. The van der Waals surface area contributed by atoms with Crippen molar-refractivity contribution >= 4 is 27.3 Å². The first-order valence-electron chi connectivity index (χ1n) is 10.6. The minimum atomic E-state index is -0.467. The van der Waals surface area contributed by atoms with E-state index in [0.717, 1.165) is 30.2 Å². The van der Waals surface area contributed by atoms with Crippen molar-refractivity contribution in [3.05, 3.63) is 45.9 Å². The van der Waals surface area contributed by atoms with Gasteiger partial charge in [0.2, 0.25) is 10.1 Å². The van der Waals surface area contributed by atoms with Crippen molar-refractivity contribution in [3.63, 3.8) is 0 Å². The Balaban J connectivity index is 1.46. The molecule has 1 amide bonds. The molecule has 0 aliphatic carbocycles. The van der Waals surface area contributed by atoms with Crippen LogP contribution in [0.3, 0.4) is 0 Å². The summed E-state index contributed by atoms with van der Waals surface area (Å²) in [6, 6.07) is 5.53. The van der Waals surface area contributed by atoms with Crippen LogP contribution < -0.4 is 25.2 Å². The topological polar surface area (TPSA) is 98.1 Å². The van der Waals surface area contributed by atoms with Gasteiger partial charge in [0.15, 0.2) is 0 Å². The van der Waals surface area contributed by atoms with E-state index < -0.39 is 11.5 Å². The number of nitrogens with one attached hydrogen (secondary N) is 1.